The molecule has 1 aromatic rings. The lowest BCUT2D eigenvalue weighted by atomic mass is 10.3. The molecule has 7 heteroatoms. The number of sulfonamides is 1. The Kier molecular flexibility index (Phi) is 3.20. The van der Waals surface area contributed by atoms with E-state index in [9.17, 15) is 13.2 Å². The van der Waals surface area contributed by atoms with Crippen molar-refractivity contribution in [1.82, 2.24) is 14.2 Å². The molecule has 0 spiro atoms. The maximum atomic E-state index is 12.4. The first-order chi connectivity index (χ1) is 9.09. The van der Waals surface area contributed by atoms with Crippen LogP contribution in [-0.4, -0.2) is 54.8 Å². The third-order valence-corrected chi connectivity index (χ3v) is 5.66. The normalized spacial score (nSPS) is 22.5. The molecule has 0 unspecified atom stereocenters. The molecule has 104 valence electrons. The highest BCUT2D eigenvalue weighted by atomic mass is 32.2. The molecule has 1 aliphatic carbocycles. The number of piperazine rings is 1. The minimum atomic E-state index is -3.66. The zero-order valence-electron chi connectivity index (χ0n) is 10.6. The first kappa shape index (κ1) is 12.8. The third-order valence-electron chi connectivity index (χ3n) is 3.74. The van der Waals surface area contributed by atoms with E-state index in [0.717, 1.165) is 13.1 Å². The van der Waals surface area contributed by atoms with Gasteiger partial charge >= 0.3 is 0 Å². The summed E-state index contributed by atoms with van der Waals surface area (Å²) in [6.45, 7) is 2.45. The maximum Gasteiger partial charge on any atom is 0.248 e. The van der Waals surface area contributed by atoms with Crippen molar-refractivity contribution in [3.63, 3.8) is 0 Å². The lowest BCUT2D eigenvalue weighted by Crippen LogP contribution is -2.49. The lowest BCUT2D eigenvalue weighted by Gasteiger charge is -2.33. The fourth-order valence-corrected chi connectivity index (χ4v) is 3.95. The third kappa shape index (κ3) is 2.45. The Balaban J connectivity index is 1.78. The van der Waals surface area contributed by atoms with Gasteiger partial charge in [-0.05, 0) is 12.8 Å². The van der Waals surface area contributed by atoms with Crippen molar-refractivity contribution in [3.8, 4) is 0 Å². The van der Waals surface area contributed by atoms with Gasteiger partial charge in [0.25, 0.3) is 0 Å². The van der Waals surface area contributed by atoms with Crippen molar-refractivity contribution in [2.75, 3.05) is 26.2 Å². The summed E-state index contributed by atoms with van der Waals surface area (Å²) in [4.78, 5) is 16.5. The van der Waals surface area contributed by atoms with Crippen LogP contribution in [-0.2, 0) is 10.0 Å². The summed E-state index contributed by atoms with van der Waals surface area (Å²) < 4.78 is 26.2. The number of aromatic amines is 1. The van der Waals surface area contributed by atoms with Gasteiger partial charge in [-0.3, -0.25) is 9.69 Å². The quantitative estimate of drug-likeness (QED) is 0.837. The zero-order chi connectivity index (χ0) is 13.5. The molecule has 0 atom stereocenters. The first-order valence-electron chi connectivity index (χ1n) is 6.50. The van der Waals surface area contributed by atoms with Crippen molar-refractivity contribution in [3.05, 3.63) is 28.7 Å². The highest BCUT2D eigenvalue weighted by Crippen LogP contribution is 2.28. The van der Waals surface area contributed by atoms with Crippen molar-refractivity contribution in [2.24, 2.45) is 0 Å². The van der Waals surface area contributed by atoms with E-state index in [-0.39, 0.29) is 4.90 Å². The number of hydrogen-bond donors (Lipinski definition) is 1. The van der Waals surface area contributed by atoms with Gasteiger partial charge in [0, 0.05) is 50.7 Å². The number of rotatable bonds is 3. The van der Waals surface area contributed by atoms with Crippen molar-refractivity contribution < 1.29 is 8.42 Å². The molecule has 1 saturated heterocycles. The highest BCUT2D eigenvalue weighted by Gasteiger charge is 2.35. The lowest BCUT2D eigenvalue weighted by molar-refractivity contribution is 0.180. The molecule has 3 rings (SSSR count). The molecule has 19 heavy (non-hydrogen) atoms. The topological polar surface area (TPSA) is 73.5 Å². The van der Waals surface area contributed by atoms with E-state index in [1.165, 1.54) is 35.6 Å². The van der Waals surface area contributed by atoms with Crippen LogP contribution in [0.15, 0.2) is 28.2 Å². The number of hydrogen-bond acceptors (Lipinski definition) is 4. The molecule has 2 heterocycles. The summed E-state index contributed by atoms with van der Waals surface area (Å²) >= 11 is 0. The fourth-order valence-electron chi connectivity index (χ4n) is 2.49. The predicted molar refractivity (Wildman–Crippen MR) is 70.4 cm³/mol. The summed E-state index contributed by atoms with van der Waals surface area (Å²) in [5, 5.41) is 0. The van der Waals surface area contributed by atoms with Crippen LogP contribution in [0.2, 0.25) is 0 Å². The van der Waals surface area contributed by atoms with Crippen molar-refractivity contribution >= 4 is 10.0 Å². The van der Waals surface area contributed by atoms with Gasteiger partial charge < -0.3 is 4.98 Å². The Bertz CT molecular complexity index is 613. The molecule has 6 nitrogen and oxygen atoms in total. The van der Waals surface area contributed by atoms with Gasteiger partial charge in [-0.25, -0.2) is 8.42 Å². The summed E-state index contributed by atoms with van der Waals surface area (Å²) in [6.07, 6.45) is 5.16. The second-order valence-corrected chi connectivity index (χ2v) is 6.95. The molecular weight excluding hydrogens is 266 g/mol. The minimum Gasteiger partial charge on any atom is -0.366 e. The number of aromatic nitrogens is 1. The fraction of sp³-hybridized carbons (Fsp3) is 0.583. The highest BCUT2D eigenvalue weighted by molar-refractivity contribution is 7.89. The maximum absolute atomic E-state index is 12.4. The minimum absolute atomic E-state index is 0.158. The smallest absolute Gasteiger partial charge is 0.248 e. The van der Waals surface area contributed by atoms with Gasteiger partial charge in [-0.1, -0.05) is 0 Å². The summed E-state index contributed by atoms with van der Waals surface area (Å²) in [5.74, 6) is 0. The van der Waals surface area contributed by atoms with Crippen LogP contribution in [0.1, 0.15) is 12.8 Å². The van der Waals surface area contributed by atoms with Gasteiger partial charge in [0.1, 0.15) is 4.90 Å². The van der Waals surface area contributed by atoms with E-state index >= 15 is 0 Å². The molecule has 2 fully saturated rings. The van der Waals surface area contributed by atoms with Crippen LogP contribution in [0.25, 0.3) is 0 Å². The van der Waals surface area contributed by atoms with Gasteiger partial charge in [0.15, 0.2) is 0 Å². The molecule has 1 saturated carbocycles. The summed E-state index contributed by atoms with van der Waals surface area (Å²) in [7, 11) is -3.66. The van der Waals surface area contributed by atoms with Crippen LogP contribution in [0.4, 0.5) is 0 Å². The van der Waals surface area contributed by atoms with Gasteiger partial charge in [-0.2, -0.15) is 4.31 Å². The van der Waals surface area contributed by atoms with E-state index in [0.29, 0.717) is 19.1 Å². The Labute approximate surface area is 112 Å². The van der Waals surface area contributed by atoms with E-state index < -0.39 is 15.5 Å². The Morgan fingerprint density at radius 3 is 2.42 bits per heavy atom. The van der Waals surface area contributed by atoms with Crippen LogP contribution in [0.3, 0.4) is 0 Å². The van der Waals surface area contributed by atoms with Gasteiger partial charge in [0.05, 0.1) is 0 Å². The molecule has 0 radical (unpaired) electrons. The monoisotopic (exact) mass is 283 g/mol. The molecule has 1 aromatic heterocycles. The van der Waals surface area contributed by atoms with E-state index in [1.807, 2.05) is 0 Å². The largest absolute Gasteiger partial charge is 0.366 e. The molecule has 2 aliphatic rings. The molecule has 1 aliphatic heterocycles. The first-order valence-corrected chi connectivity index (χ1v) is 7.94. The van der Waals surface area contributed by atoms with Crippen molar-refractivity contribution in [1.29, 1.82) is 0 Å². The van der Waals surface area contributed by atoms with Crippen molar-refractivity contribution in [2.45, 2.75) is 23.8 Å². The SMILES string of the molecule is O=c1cc[nH]cc1S(=O)(=O)N1CCN(C2CC2)CC1. The number of pyridine rings is 1. The van der Waals surface area contributed by atoms with Crippen LogP contribution in [0, 0.1) is 0 Å². The zero-order valence-corrected chi connectivity index (χ0v) is 11.4. The Morgan fingerprint density at radius 2 is 1.84 bits per heavy atom. The standard InChI is InChI=1S/C12H17N3O3S/c16-11-3-4-13-9-12(11)19(17,18)15-7-5-14(6-8-15)10-1-2-10/h3-4,9-10H,1-2,5-8H2,(H,13,16). The molecular formula is C12H17N3O3S. The summed E-state index contributed by atoms with van der Waals surface area (Å²) in [5.41, 5.74) is -0.455. The Morgan fingerprint density at radius 1 is 1.16 bits per heavy atom. The van der Waals surface area contributed by atoms with E-state index in [1.54, 1.807) is 0 Å². The Hall–Kier alpha value is -1.18. The molecule has 1 N–H and O–H groups in total. The second-order valence-electron chi connectivity index (χ2n) is 5.04. The average Bonchev–Trinajstić information content (AvgIpc) is 3.23. The average molecular weight is 283 g/mol. The molecule has 0 amide bonds. The number of nitrogens with zero attached hydrogens (tertiary/aromatic N) is 2. The van der Waals surface area contributed by atoms with Crippen LogP contribution in [0.5, 0.6) is 0 Å². The molecule has 0 aromatic carbocycles. The van der Waals surface area contributed by atoms with E-state index in [4.69, 9.17) is 0 Å². The van der Waals surface area contributed by atoms with Gasteiger partial charge in [0.2, 0.25) is 15.5 Å². The van der Waals surface area contributed by atoms with Crippen LogP contribution >= 0.6 is 0 Å². The second kappa shape index (κ2) is 4.73. The summed E-state index contributed by atoms with van der Waals surface area (Å²) in [6, 6.07) is 1.90. The van der Waals surface area contributed by atoms with E-state index in [2.05, 4.69) is 9.88 Å². The van der Waals surface area contributed by atoms with Crippen LogP contribution < -0.4 is 5.43 Å². The number of H-pyrrole nitrogens is 1. The van der Waals surface area contributed by atoms with Gasteiger partial charge in [-0.15, -0.1) is 0 Å². The number of nitrogens with one attached hydrogen (secondary N) is 1. The predicted octanol–water partition coefficient (Wildman–Crippen LogP) is -0.156. The molecule has 0 bridgehead atoms.